The van der Waals surface area contributed by atoms with Crippen molar-refractivity contribution in [3.63, 3.8) is 0 Å². The Balaban J connectivity index is 1.79. The van der Waals surface area contributed by atoms with Gasteiger partial charge in [0.15, 0.2) is 0 Å². The van der Waals surface area contributed by atoms with E-state index in [1.165, 1.54) is 12.1 Å². The fourth-order valence-corrected chi connectivity index (χ4v) is 3.07. The van der Waals surface area contributed by atoms with E-state index in [9.17, 15) is 18.0 Å². The van der Waals surface area contributed by atoms with E-state index in [1.807, 2.05) is 24.3 Å². The van der Waals surface area contributed by atoms with Crippen LogP contribution in [0.1, 0.15) is 40.9 Å². The van der Waals surface area contributed by atoms with Crippen LogP contribution in [0.15, 0.2) is 73.1 Å². The molecule has 3 rings (SSSR count). The highest BCUT2D eigenvalue weighted by molar-refractivity contribution is 5.94. The lowest BCUT2D eigenvalue weighted by molar-refractivity contribution is -0.137. The summed E-state index contributed by atoms with van der Waals surface area (Å²) in [5.41, 5.74) is 1.17. The molecule has 7 heteroatoms. The SMILES string of the molecule is CC(C)COc1ccc(CN(Cc2ccncc2)C(=O)c2ccc(C(F)(F)F)cc2)cc1. The third kappa shape index (κ3) is 6.57. The van der Waals surface area contributed by atoms with Crippen molar-refractivity contribution in [2.75, 3.05) is 6.61 Å². The van der Waals surface area contributed by atoms with Crippen LogP contribution >= 0.6 is 0 Å². The third-order valence-corrected chi connectivity index (χ3v) is 4.75. The molecular weight excluding hydrogens is 417 g/mol. The Bertz CT molecular complexity index is 1000. The summed E-state index contributed by atoms with van der Waals surface area (Å²) >= 11 is 0. The predicted molar refractivity (Wildman–Crippen MR) is 116 cm³/mol. The number of hydrogen-bond donors (Lipinski definition) is 0. The molecule has 3 aromatic rings. The second-order valence-electron chi connectivity index (χ2n) is 7.94. The van der Waals surface area contributed by atoms with Crippen molar-refractivity contribution >= 4 is 5.91 Å². The van der Waals surface area contributed by atoms with Crippen LogP contribution in [0, 0.1) is 5.92 Å². The highest BCUT2D eigenvalue weighted by Crippen LogP contribution is 2.29. The molecule has 0 spiro atoms. The van der Waals surface area contributed by atoms with Crippen LogP contribution in [-0.2, 0) is 19.3 Å². The van der Waals surface area contributed by atoms with Gasteiger partial charge in [-0.3, -0.25) is 9.78 Å². The predicted octanol–water partition coefficient (Wildman–Crippen LogP) is 5.98. The number of nitrogens with zero attached hydrogens (tertiary/aromatic N) is 2. The Hall–Kier alpha value is -3.35. The molecule has 0 unspecified atom stereocenters. The average molecular weight is 442 g/mol. The first kappa shape index (κ1) is 23.3. The minimum Gasteiger partial charge on any atom is -0.493 e. The van der Waals surface area contributed by atoms with Crippen LogP contribution in [0.25, 0.3) is 0 Å². The van der Waals surface area contributed by atoms with Gasteiger partial charge in [0.05, 0.1) is 12.2 Å². The second-order valence-corrected chi connectivity index (χ2v) is 7.94. The summed E-state index contributed by atoms with van der Waals surface area (Å²) in [5, 5.41) is 0. The van der Waals surface area contributed by atoms with Gasteiger partial charge in [-0.05, 0) is 65.6 Å². The van der Waals surface area contributed by atoms with Crippen molar-refractivity contribution in [2.45, 2.75) is 33.1 Å². The minimum atomic E-state index is -4.45. The number of amides is 1. The molecule has 0 saturated carbocycles. The summed E-state index contributed by atoms with van der Waals surface area (Å²) in [7, 11) is 0. The maximum Gasteiger partial charge on any atom is 0.416 e. The molecule has 0 radical (unpaired) electrons. The number of rotatable bonds is 8. The number of carbonyl (C=O) groups excluding carboxylic acids is 1. The van der Waals surface area contributed by atoms with Crippen LogP contribution in [-0.4, -0.2) is 22.4 Å². The summed E-state index contributed by atoms with van der Waals surface area (Å²) in [4.78, 5) is 18.8. The molecule has 0 aliphatic carbocycles. The first-order chi connectivity index (χ1) is 15.2. The molecule has 1 heterocycles. The van der Waals surface area contributed by atoms with Gasteiger partial charge in [0.2, 0.25) is 0 Å². The van der Waals surface area contributed by atoms with E-state index >= 15 is 0 Å². The maximum absolute atomic E-state index is 13.2. The molecule has 1 aromatic heterocycles. The quantitative estimate of drug-likeness (QED) is 0.431. The molecule has 0 fully saturated rings. The Morgan fingerprint density at radius 2 is 1.47 bits per heavy atom. The molecular formula is C25H25F3N2O2. The number of aromatic nitrogens is 1. The molecule has 0 atom stereocenters. The number of ether oxygens (including phenoxy) is 1. The van der Waals surface area contributed by atoms with E-state index in [4.69, 9.17) is 4.74 Å². The molecule has 0 aliphatic heterocycles. The van der Waals surface area contributed by atoms with Gasteiger partial charge in [-0.2, -0.15) is 13.2 Å². The number of pyridine rings is 1. The normalized spacial score (nSPS) is 11.4. The van der Waals surface area contributed by atoms with Crippen molar-refractivity contribution in [1.29, 1.82) is 0 Å². The standard InChI is InChI=1S/C25H25F3N2O2/c1-18(2)17-32-23-9-3-19(4-10-23)15-30(16-20-11-13-29-14-12-20)24(31)21-5-7-22(8-6-21)25(26,27)28/h3-14,18H,15-17H2,1-2H3. The van der Waals surface area contributed by atoms with Gasteiger partial charge >= 0.3 is 6.18 Å². The zero-order chi connectivity index (χ0) is 23.1. The number of benzene rings is 2. The number of alkyl halides is 3. The smallest absolute Gasteiger partial charge is 0.416 e. The van der Waals surface area contributed by atoms with Gasteiger partial charge in [-0.25, -0.2) is 0 Å². The monoisotopic (exact) mass is 442 g/mol. The Morgan fingerprint density at radius 3 is 2.00 bits per heavy atom. The van der Waals surface area contributed by atoms with Gasteiger partial charge < -0.3 is 9.64 Å². The molecule has 1 amide bonds. The number of hydrogen-bond acceptors (Lipinski definition) is 3. The van der Waals surface area contributed by atoms with Crippen LogP contribution in [0.2, 0.25) is 0 Å². The van der Waals surface area contributed by atoms with E-state index < -0.39 is 11.7 Å². The van der Waals surface area contributed by atoms with Crippen molar-refractivity contribution in [3.05, 3.63) is 95.3 Å². The van der Waals surface area contributed by atoms with Gasteiger partial charge in [0, 0.05) is 31.0 Å². The van der Waals surface area contributed by atoms with E-state index in [1.54, 1.807) is 29.4 Å². The van der Waals surface area contributed by atoms with Crippen molar-refractivity contribution < 1.29 is 22.7 Å². The van der Waals surface area contributed by atoms with Gasteiger partial charge in [-0.15, -0.1) is 0 Å². The first-order valence-corrected chi connectivity index (χ1v) is 10.3. The fraction of sp³-hybridized carbons (Fsp3) is 0.280. The Labute approximate surface area is 185 Å². The van der Waals surface area contributed by atoms with E-state index in [2.05, 4.69) is 18.8 Å². The van der Waals surface area contributed by atoms with Crippen LogP contribution < -0.4 is 4.74 Å². The summed E-state index contributed by atoms with van der Waals surface area (Å²) in [6.07, 6.45) is -1.17. The maximum atomic E-state index is 13.2. The van der Waals surface area contributed by atoms with Crippen LogP contribution in [0.4, 0.5) is 13.2 Å². The molecule has 32 heavy (non-hydrogen) atoms. The molecule has 0 bridgehead atoms. The highest BCUT2D eigenvalue weighted by atomic mass is 19.4. The number of halogens is 3. The zero-order valence-electron chi connectivity index (χ0n) is 18.0. The van der Waals surface area contributed by atoms with E-state index in [0.717, 1.165) is 29.0 Å². The molecule has 4 nitrogen and oxygen atoms in total. The minimum absolute atomic E-state index is 0.198. The van der Waals surface area contributed by atoms with Crippen molar-refractivity contribution in [1.82, 2.24) is 9.88 Å². The summed E-state index contributed by atoms with van der Waals surface area (Å²) in [6.45, 7) is 5.34. The molecule has 168 valence electrons. The van der Waals surface area contributed by atoms with Crippen molar-refractivity contribution in [3.8, 4) is 5.75 Å². The Morgan fingerprint density at radius 1 is 0.906 bits per heavy atom. The molecule has 0 N–H and O–H groups in total. The lowest BCUT2D eigenvalue weighted by atomic mass is 10.1. The zero-order valence-corrected chi connectivity index (χ0v) is 18.0. The van der Waals surface area contributed by atoms with E-state index in [-0.39, 0.29) is 11.5 Å². The second kappa shape index (κ2) is 10.3. The molecule has 0 aliphatic rings. The van der Waals surface area contributed by atoms with Gasteiger partial charge in [0.25, 0.3) is 5.91 Å². The van der Waals surface area contributed by atoms with Gasteiger partial charge in [0.1, 0.15) is 5.75 Å². The molecule has 0 saturated heterocycles. The Kier molecular flexibility index (Phi) is 7.51. The lowest BCUT2D eigenvalue weighted by Crippen LogP contribution is -2.30. The summed E-state index contributed by atoms with van der Waals surface area (Å²) in [6, 6.07) is 15.4. The lowest BCUT2D eigenvalue weighted by Gasteiger charge is -2.23. The fourth-order valence-electron chi connectivity index (χ4n) is 3.07. The van der Waals surface area contributed by atoms with Crippen molar-refractivity contribution in [2.24, 2.45) is 5.92 Å². The largest absolute Gasteiger partial charge is 0.493 e. The first-order valence-electron chi connectivity index (χ1n) is 10.3. The van der Waals surface area contributed by atoms with E-state index in [0.29, 0.717) is 25.6 Å². The third-order valence-electron chi connectivity index (χ3n) is 4.75. The number of carbonyl (C=O) groups is 1. The average Bonchev–Trinajstić information content (AvgIpc) is 2.78. The highest BCUT2D eigenvalue weighted by Gasteiger charge is 2.30. The van der Waals surface area contributed by atoms with Crippen LogP contribution in [0.5, 0.6) is 5.75 Å². The molecule has 2 aromatic carbocycles. The van der Waals surface area contributed by atoms with Crippen LogP contribution in [0.3, 0.4) is 0 Å². The summed E-state index contributed by atoms with van der Waals surface area (Å²) in [5.74, 6) is 0.805. The summed E-state index contributed by atoms with van der Waals surface area (Å²) < 4.78 is 44.3. The van der Waals surface area contributed by atoms with Gasteiger partial charge in [-0.1, -0.05) is 26.0 Å². The topological polar surface area (TPSA) is 42.4 Å².